The van der Waals surface area contributed by atoms with Gasteiger partial charge in [0.1, 0.15) is 30.0 Å². The zero-order chi connectivity index (χ0) is 20.9. The molecule has 30 heavy (non-hydrogen) atoms. The number of fused-ring (bicyclic) bond motifs is 1. The number of hydrogen-bond acceptors (Lipinski definition) is 8. The summed E-state index contributed by atoms with van der Waals surface area (Å²) in [4.78, 5) is 14.8. The molecule has 0 amide bonds. The SMILES string of the molecule is CC1CC(COP(NCC=O)Oc2ccccc2)OC1c1ccc2c(N)ncnn12. The number of anilines is 1. The molecule has 1 aromatic carbocycles. The largest absolute Gasteiger partial charge is 0.436 e. The number of nitrogens with two attached hydrogens (primary N) is 1. The smallest absolute Gasteiger partial charge is 0.318 e. The van der Waals surface area contributed by atoms with E-state index in [4.69, 9.17) is 19.5 Å². The standard InChI is InChI=1S/C20H24N5O4P/c1-14-11-16(12-27-30(24-9-10-26)29-15-5-3-2-4-6-15)28-19(14)17-7-8-18-20(21)22-13-23-25(17)18/h2-8,10,13-14,16,19,24H,9,11-12H2,1H3,(H2,21,22,23). The normalized spacial score (nSPS) is 22.2. The Morgan fingerprint density at radius 3 is 2.97 bits per heavy atom. The van der Waals surface area contributed by atoms with Gasteiger partial charge in [-0.1, -0.05) is 25.1 Å². The van der Waals surface area contributed by atoms with Crippen LogP contribution in [0.25, 0.3) is 5.52 Å². The van der Waals surface area contributed by atoms with E-state index in [1.54, 1.807) is 4.52 Å². The summed E-state index contributed by atoms with van der Waals surface area (Å²) in [5.74, 6) is 1.39. The molecule has 10 heteroatoms. The number of carbonyl (C=O) groups excluding carboxylic acids is 1. The lowest BCUT2D eigenvalue weighted by molar-refractivity contribution is -0.106. The minimum atomic E-state index is -1.47. The molecule has 1 saturated heterocycles. The fourth-order valence-corrected chi connectivity index (χ4v) is 4.58. The lowest BCUT2D eigenvalue weighted by Crippen LogP contribution is -2.20. The number of ether oxygens (including phenoxy) is 1. The second-order valence-corrected chi connectivity index (χ2v) is 8.35. The number of nitrogen functional groups attached to an aromatic ring is 1. The Morgan fingerprint density at radius 2 is 2.17 bits per heavy atom. The molecular formula is C20H24N5O4P. The maximum Gasteiger partial charge on any atom is 0.318 e. The highest BCUT2D eigenvalue weighted by atomic mass is 31.2. The van der Waals surface area contributed by atoms with Crippen LogP contribution in [0.4, 0.5) is 5.82 Å². The average Bonchev–Trinajstić information content (AvgIpc) is 3.34. The van der Waals surface area contributed by atoms with Crippen LogP contribution in [0.3, 0.4) is 0 Å². The van der Waals surface area contributed by atoms with Crippen molar-refractivity contribution in [3.05, 3.63) is 54.5 Å². The van der Waals surface area contributed by atoms with E-state index in [-0.39, 0.29) is 24.7 Å². The molecule has 0 spiro atoms. The van der Waals surface area contributed by atoms with Crippen LogP contribution < -0.4 is 15.3 Å². The van der Waals surface area contributed by atoms with Gasteiger partial charge in [-0.25, -0.2) is 14.6 Å². The van der Waals surface area contributed by atoms with Gasteiger partial charge in [-0.2, -0.15) is 5.10 Å². The van der Waals surface area contributed by atoms with Gasteiger partial charge in [-0.05, 0) is 36.6 Å². The second kappa shape index (κ2) is 9.49. The molecule has 0 bridgehead atoms. The van der Waals surface area contributed by atoms with Crippen LogP contribution in [0.2, 0.25) is 0 Å². The van der Waals surface area contributed by atoms with Crippen molar-refractivity contribution in [2.24, 2.45) is 5.92 Å². The number of carbonyl (C=O) groups is 1. The highest BCUT2D eigenvalue weighted by Crippen LogP contribution is 2.41. The Kier molecular flexibility index (Phi) is 6.54. The molecule has 2 aromatic heterocycles. The summed E-state index contributed by atoms with van der Waals surface area (Å²) in [6.07, 6.45) is 2.83. The summed E-state index contributed by atoms with van der Waals surface area (Å²) in [7, 11) is -1.47. The molecule has 4 unspecified atom stereocenters. The summed E-state index contributed by atoms with van der Waals surface area (Å²) in [6.45, 7) is 2.65. The van der Waals surface area contributed by atoms with E-state index < -0.39 is 8.53 Å². The summed E-state index contributed by atoms with van der Waals surface area (Å²) in [5.41, 5.74) is 7.64. The molecule has 3 aromatic rings. The van der Waals surface area contributed by atoms with Gasteiger partial charge in [0.2, 0.25) is 0 Å². The maximum absolute atomic E-state index is 10.8. The lowest BCUT2D eigenvalue weighted by Gasteiger charge is -2.20. The minimum Gasteiger partial charge on any atom is -0.436 e. The Balaban J connectivity index is 1.40. The quantitative estimate of drug-likeness (QED) is 0.394. The average molecular weight is 429 g/mol. The van der Waals surface area contributed by atoms with Gasteiger partial charge in [0.25, 0.3) is 0 Å². The van der Waals surface area contributed by atoms with Crippen molar-refractivity contribution in [1.82, 2.24) is 19.7 Å². The Morgan fingerprint density at radius 1 is 1.33 bits per heavy atom. The number of hydrogen-bond donors (Lipinski definition) is 2. The first-order valence-corrected chi connectivity index (χ1v) is 10.9. The third-order valence-electron chi connectivity index (χ3n) is 4.91. The molecule has 0 aliphatic carbocycles. The predicted molar refractivity (Wildman–Crippen MR) is 113 cm³/mol. The third kappa shape index (κ3) is 4.60. The number of nitrogens with zero attached hydrogens (tertiary/aromatic N) is 3. The van der Waals surface area contributed by atoms with Crippen molar-refractivity contribution < 1.29 is 18.6 Å². The van der Waals surface area contributed by atoms with Gasteiger partial charge in [-0.3, -0.25) is 0 Å². The van der Waals surface area contributed by atoms with Crippen LogP contribution in [-0.2, 0) is 14.1 Å². The van der Waals surface area contributed by atoms with Crippen LogP contribution in [0.15, 0.2) is 48.8 Å². The molecule has 0 radical (unpaired) electrons. The Hall–Kier alpha value is -2.58. The monoisotopic (exact) mass is 429 g/mol. The predicted octanol–water partition coefficient (Wildman–Crippen LogP) is 2.89. The molecule has 4 atom stereocenters. The summed E-state index contributed by atoms with van der Waals surface area (Å²) >= 11 is 0. The van der Waals surface area contributed by atoms with Gasteiger partial charge in [0.15, 0.2) is 5.82 Å². The van der Waals surface area contributed by atoms with Crippen molar-refractivity contribution in [3.8, 4) is 5.75 Å². The molecular weight excluding hydrogens is 405 g/mol. The van der Waals surface area contributed by atoms with E-state index in [0.717, 1.165) is 23.9 Å². The molecule has 158 valence electrons. The van der Waals surface area contributed by atoms with E-state index in [9.17, 15) is 4.79 Å². The zero-order valence-electron chi connectivity index (χ0n) is 16.5. The van der Waals surface area contributed by atoms with Crippen LogP contribution in [-0.4, -0.2) is 40.1 Å². The van der Waals surface area contributed by atoms with Crippen LogP contribution in [0.5, 0.6) is 5.75 Å². The number of rotatable bonds is 9. The van der Waals surface area contributed by atoms with Gasteiger partial charge in [0.05, 0.1) is 24.9 Å². The van der Waals surface area contributed by atoms with Gasteiger partial charge in [-0.15, -0.1) is 0 Å². The highest BCUT2D eigenvalue weighted by Gasteiger charge is 2.36. The first-order chi connectivity index (χ1) is 14.7. The molecule has 4 rings (SSSR count). The van der Waals surface area contributed by atoms with E-state index in [1.807, 2.05) is 42.5 Å². The van der Waals surface area contributed by atoms with Crippen LogP contribution in [0, 0.1) is 5.92 Å². The summed E-state index contributed by atoms with van der Waals surface area (Å²) in [5, 5.41) is 7.30. The van der Waals surface area contributed by atoms with E-state index >= 15 is 0 Å². The molecule has 1 aliphatic heterocycles. The number of aldehydes is 1. The van der Waals surface area contributed by atoms with Crippen LogP contribution in [0.1, 0.15) is 25.1 Å². The van der Waals surface area contributed by atoms with Gasteiger partial charge in [0, 0.05) is 0 Å². The van der Waals surface area contributed by atoms with E-state index in [0.29, 0.717) is 18.2 Å². The van der Waals surface area contributed by atoms with Gasteiger partial charge >= 0.3 is 8.53 Å². The minimum absolute atomic E-state index is 0.0999. The number of benzene rings is 1. The number of para-hydroxylation sites is 1. The van der Waals surface area contributed by atoms with E-state index in [1.165, 1.54) is 6.33 Å². The Bertz CT molecular complexity index is 986. The summed E-state index contributed by atoms with van der Waals surface area (Å²) < 4.78 is 19.9. The van der Waals surface area contributed by atoms with E-state index in [2.05, 4.69) is 22.1 Å². The first-order valence-electron chi connectivity index (χ1n) is 9.72. The first kappa shape index (κ1) is 20.7. The second-order valence-electron chi connectivity index (χ2n) is 7.08. The fourth-order valence-electron chi connectivity index (χ4n) is 3.54. The Labute approximate surface area is 175 Å². The topological polar surface area (TPSA) is 113 Å². The summed E-state index contributed by atoms with van der Waals surface area (Å²) in [6, 6.07) is 13.2. The zero-order valence-corrected chi connectivity index (χ0v) is 17.4. The maximum atomic E-state index is 10.8. The molecule has 3 N–H and O–H groups in total. The fraction of sp³-hybridized carbons (Fsp3) is 0.350. The number of aromatic nitrogens is 3. The lowest BCUT2D eigenvalue weighted by atomic mass is 10.00. The molecule has 9 nitrogen and oxygen atoms in total. The van der Waals surface area contributed by atoms with Crippen molar-refractivity contribution in [2.75, 3.05) is 18.9 Å². The third-order valence-corrected chi connectivity index (χ3v) is 6.11. The van der Waals surface area contributed by atoms with Gasteiger partial charge < -0.3 is 24.3 Å². The molecule has 1 aliphatic rings. The molecule has 0 saturated carbocycles. The highest BCUT2D eigenvalue weighted by molar-refractivity contribution is 7.45. The van der Waals surface area contributed by atoms with Crippen molar-refractivity contribution in [2.45, 2.75) is 25.6 Å². The molecule has 1 fully saturated rings. The van der Waals surface area contributed by atoms with Crippen molar-refractivity contribution >= 4 is 26.1 Å². The number of nitrogens with one attached hydrogen (secondary N) is 1. The molecule has 3 heterocycles. The van der Waals surface area contributed by atoms with Crippen molar-refractivity contribution in [3.63, 3.8) is 0 Å². The van der Waals surface area contributed by atoms with Crippen molar-refractivity contribution in [1.29, 1.82) is 0 Å². The van der Waals surface area contributed by atoms with Crippen LogP contribution >= 0.6 is 8.53 Å².